The van der Waals surface area contributed by atoms with Crippen molar-refractivity contribution in [3.8, 4) is 11.1 Å². The number of aromatic nitrogens is 1. The molecule has 0 unspecified atom stereocenters. The fraction of sp³-hybridized carbons (Fsp3) is 0.382. The molecule has 1 N–H and O–H groups in total. The second kappa shape index (κ2) is 12.5. The highest BCUT2D eigenvalue weighted by atomic mass is 19.4. The molecule has 9 heteroatoms. The van der Waals surface area contributed by atoms with Crippen molar-refractivity contribution in [1.29, 1.82) is 0 Å². The average Bonchev–Trinajstić information content (AvgIpc) is 3.28. The Balaban J connectivity index is 1.53. The minimum atomic E-state index is -4.41. The summed E-state index contributed by atoms with van der Waals surface area (Å²) in [5, 5.41) is 11.1. The third-order valence-corrected chi connectivity index (χ3v) is 8.42. The number of carbonyl (C=O) groups excluding carboxylic acids is 1. The number of alkyl halides is 3. The van der Waals surface area contributed by atoms with Gasteiger partial charge >= 0.3 is 6.18 Å². The maximum Gasteiger partial charge on any atom is 0.416 e. The van der Waals surface area contributed by atoms with Gasteiger partial charge in [0.1, 0.15) is 5.69 Å². The van der Waals surface area contributed by atoms with Gasteiger partial charge in [0.15, 0.2) is 0 Å². The Kier molecular flexibility index (Phi) is 8.96. The molecule has 5 rings (SSSR count). The van der Waals surface area contributed by atoms with Gasteiger partial charge in [0.25, 0.3) is 5.91 Å². The van der Waals surface area contributed by atoms with Crippen molar-refractivity contribution in [2.75, 3.05) is 26.7 Å². The first-order valence-electron chi connectivity index (χ1n) is 14.5. The summed E-state index contributed by atoms with van der Waals surface area (Å²) in [6, 6.07) is 20.8. The van der Waals surface area contributed by atoms with Crippen molar-refractivity contribution in [2.45, 2.75) is 45.3 Å². The Morgan fingerprint density at radius 2 is 1.79 bits per heavy atom. The predicted molar refractivity (Wildman–Crippen MR) is 161 cm³/mol. The highest BCUT2D eigenvalue weighted by molar-refractivity contribution is 6.10. The van der Waals surface area contributed by atoms with Gasteiger partial charge in [-0.25, -0.2) is 0 Å². The Hall–Kier alpha value is -3.66. The first kappa shape index (κ1) is 30.8. The van der Waals surface area contributed by atoms with Crippen LogP contribution in [0.1, 0.15) is 41.0 Å². The number of aliphatic hydroxyl groups is 1. The molecular weight excluding hydrogens is 555 g/mol. The molecule has 0 radical (unpaired) electrons. The summed E-state index contributed by atoms with van der Waals surface area (Å²) < 4.78 is 48.4. The van der Waals surface area contributed by atoms with E-state index in [1.54, 1.807) is 11.0 Å². The summed E-state index contributed by atoms with van der Waals surface area (Å²) in [5.41, 5.74) is 4.06. The minimum absolute atomic E-state index is 0.148. The summed E-state index contributed by atoms with van der Waals surface area (Å²) in [5.74, 6) is -0.319. The van der Waals surface area contributed by atoms with E-state index in [1.807, 2.05) is 85.9 Å². The van der Waals surface area contributed by atoms with Gasteiger partial charge in [-0.15, -0.1) is 0 Å². The molecule has 0 aliphatic carbocycles. The topological polar surface area (TPSA) is 57.9 Å². The van der Waals surface area contributed by atoms with Crippen LogP contribution in [0, 0.1) is 5.92 Å². The Labute approximate surface area is 250 Å². The van der Waals surface area contributed by atoms with Crippen molar-refractivity contribution in [1.82, 2.24) is 14.4 Å². The van der Waals surface area contributed by atoms with Gasteiger partial charge in [0.2, 0.25) is 0 Å². The molecule has 43 heavy (non-hydrogen) atoms. The van der Waals surface area contributed by atoms with Gasteiger partial charge in [-0.2, -0.15) is 13.2 Å². The lowest BCUT2D eigenvalue weighted by atomic mass is 9.96. The number of aryl methyl sites for hydroxylation is 1. The van der Waals surface area contributed by atoms with Crippen LogP contribution in [-0.2, 0) is 31.1 Å². The summed E-state index contributed by atoms with van der Waals surface area (Å²) in [4.78, 5) is 18.1. The summed E-state index contributed by atoms with van der Waals surface area (Å²) >= 11 is 0. The SMILES string of the molecule is C[C@H](CO)N1C[C@H](C)[C@H](CN(C)Cc2cccc(C(F)(F)F)c2)OCc2ccccc2-c2c(n(C)c3ccccc23)C1=O. The number of carbonyl (C=O) groups is 1. The minimum Gasteiger partial charge on any atom is -0.394 e. The number of nitrogens with zero attached hydrogens (tertiary/aromatic N) is 3. The van der Waals surface area contributed by atoms with E-state index in [-0.39, 0.29) is 24.5 Å². The van der Waals surface area contributed by atoms with E-state index >= 15 is 0 Å². The van der Waals surface area contributed by atoms with Crippen molar-refractivity contribution >= 4 is 16.8 Å². The summed E-state index contributed by atoms with van der Waals surface area (Å²) in [7, 11) is 3.76. The molecule has 0 bridgehead atoms. The van der Waals surface area contributed by atoms with E-state index in [2.05, 4.69) is 0 Å². The van der Waals surface area contributed by atoms with Crippen LogP contribution in [0.4, 0.5) is 13.2 Å². The van der Waals surface area contributed by atoms with Crippen LogP contribution in [0.3, 0.4) is 0 Å². The molecule has 1 aromatic heterocycles. The van der Waals surface area contributed by atoms with Crippen molar-refractivity contribution in [2.24, 2.45) is 13.0 Å². The van der Waals surface area contributed by atoms with Crippen LogP contribution in [0.5, 0.6) is 0 Å². The molecule has 0 spiro atoms. The molecule has 1 aliphatic heterocycles. The number of amides is 1. The molecule has 1 aliphatic rings. The number of hydrogen-bond donors (Lipinski definition) is 1. The molecule has 4 aromatic rings. The van der Waals surface area contributed by atoms with Crippen LogP contribution in [0.2, 0.25) is 0 Å². The molecule has 2 heterocycles. The van der Waals surface area contributed by atoms with E-state index in [4.69, 9.17) is 4.74 Å². The number of likely N-dealkylation sites (N-methyl/N-ethyl adjacent to an activating group) is 1. The van der Waals surface area contributed by atoms with Crippen LogP contribution in [0.25, 0.3) is 22.0 Å². The highest BCUT2D eigenvalue weighted by Crippen LogP contribution is 2.38. The van der Waals surface area contributed by atoms with Gasteiger partial charge in [-0.3, -0.25) is 9.69 Å². The molecule has 0 fully saturated rings. The Morgan fingerprint density at radius 3 is 2.53 bits per heavy atom. The van der Waals surface area contributed by atoms with Crippen LogP contribution >= 0.6 is 0 Å². The third kappa shape index (κ3) is 6.34. The zero-order valence-corrected chi connectivity index (χ0v) is 24.9. The number of hydrogen-bond acceptors (Lipinski definition) is 4. The zero-order chi connectivity index (χ0) is 30.9. The van der Waals surface area contributed by atoms with Gasteiger partial charge in [0, 0.05) is 49.1 Å². The summed E-state index contributed by atoms with van der Waals surface area (Å²) in [6.45, 7) is 5.02. The monoisotopic (exact) mass is 593 g/mol. The van der Waals surface area contributed by atoms with Crippen LogP contribution < -0.4 is 0 Å². The Morgan fingerprint density at radius 1 is 1.07 bits per heavy atom. The quantitative estimate of drug-likeness (QED) is 0.283. The maximum absolute atomic E-state index is 14.4. The molecule has 0 saturated heterocycles. The molecule has 6 nitrogen and oxygen atoms in total. The van der Waals surface area contributed by atoms with E-state index in [0.717, 1.165) is 33.7 Å². The fourth-order valence-electron chi connectivity index (χ4n) is 6.05. The number of para-hydroxylation sites is 1. The average molecular weight is 594 g/mol. The normalized spacial score (nSPS) is 18.8. The van der Waals surface area contributed by atoms with E-state index in [0.29, 0.717) is 37.5 Å². The first-order chi connectivity index (χ1) is 20.5. The molecule has 3 aromatic carbocycles. The lowest BCUT2D eigenvalue weighted by Crippen LogP contribution is -2.47. The van der Waals surface area contributed by atoms with Crippen LogP contribution in [-0.4, -0.2) is 64.3 Å². The van der Waals surface area contributed by atoms with Gasteiger partial charge < -0.3 is 19.3 Å². The zero-order valence-electron chi connectivity index (χ0n) is 24.9. The van der Waals surface area contributed by atoms with Crippen molar-refractivity contribution in [3.63, 3.8) is 0 Å². The highest BCUT2D eigenvalue weighted by Gasteiger charge is 2.34. The molecule has 0 saturated carbocycles. The number of fused-ring (bicyclic) bond motifs is 5. The smallest absolute Gasteiger partial charge is 0.394 e. The second-order valence-electron chi connectivity index (χ2n) is 11.7. The molecular formula is C34H38F3N3O3. The van der Waals surface area contributed by atoms with E-state index < -0.39 is 17.8 Å². The fourth-order valence-corrected chi connectivity index (χ4v) is 6.05. The third-order valence-electron chi connectivity index (χ3n) is 8.42. The van der Waals surface area contributed by atoms with E-state index in [9.17, 15) is 23.1 Å². The van der Waals surface area contributed by atoms with Crippen LogP contribution in [0.15, 0.2) is 72.8 Å². The van der Waals surface area contributed by atoms with E-state index in [1.165, 1.54) is 12.1 Å². The standard InChI is InChI=1S/C34H38F3N3O3/c1-22-17-40(23(2)20-41)33(42)32-31(28-14-7-8-15-29(28)39(32)4)27-13-6-5-11-25(27)21-43-30(22)19-38(3)18-24-10-9-12-26(16-24)34(35,36)37/h5-16,22-23,30,41H,17-21H2,1-4H3/t22-,23+,30-/m0/s1. The van der Waals surface area contributed by atoms with Gasteiger partial charge in [-0.1, -0.05) is 67.6 Å². The lowest BCUT2D eigenvalue weighted by Gasteiger charge is -2.35. The number of ether oxygens (including phenoxy) is 1. The largest absolute Gasteiger partial charge is 0.416 e. The van der Waals surface area contributed by atoms with Crippen molar-refractivity contribution < 1.29 is 27.8 Å². The Bertz CT molecular complexity index is 1600. The number of benzene rings is 3. The maximum atomic E-state index is 14.4. The molecule has 3 atom stereocenters. The predicted octanol–water partition coefficient (Wildman–Crippen LogP) is 6.35. The van der Waals surface area contributed by atoms with Gasteiger partial charge in [-0.05, 0) is 42.8 Å². The summed E-state index contributed by atoms with van der Waals surface area (Å²) in [6.07, 6.45) is -4.75. The first-order valence-corrected chi connectivity index (χ1v) is 14.5. The molecule has 228 valence electrons. The second-order valence-corrected chi connectivity index (χ2v) is 11.7. The number of aliphatic hydroxyl groups excluding tert-OH is 1. The lowest BCUT2D eigenvalue weighted by molar-refractivity contribution is -0.137. The molecule has 1 amide bonds. The number of rotatable bonds is 6. The van der Waals surface area contributed by atoms with Crippen molar-refractivity contribution in [3.05, 3.63) is 95.2 Å². The number of halogens is 3. The van der Waals surface area contributed by atoms with Gasteiger partial charge in [0.05, 0.1) is 30.9 Å².